The Hall–Kier alpha value is -2.56. The molecule has 0 aliphatic heterocycles. The van der Waals surface area contributed by atoms with E-state index in [4.69, 9.17) is 9.47 Å². The van der Waals surface area contributed by atoms with Crippen LogP contribution in [-0.4, -0.2) is 50.2 Å². The van der Waals surface area contributed by atoms with Crippen LogP contribution in [0.25, 0.3) is 0 Å². The number of hydrogen-bond acceptors (Lipinski definition) is 5. The molecule has 1 heterocycles. The van der Waals surface area contributed by atoms with E-state index in [1.165, 1.54) is 5.56 Å². The van der Waals surface area contributed by atoms with Crippen LogP contribution in [0.4, 0.5) is 5.69 Å². The predicted octanol–water partition coefficient (Wildman–Crippen LogP) is 3.23. The number of benzene rings is 1. The minimum atomic E-state index is -0.193. The van der Waals surface area contributed by atoms with Gasteiger partial charge in [0, 0.05) is 19.3 Å². The molecule has 31 heavy (non-hydrogen) atoms. The fourth-order valence-electron chi connectivity index (χ4n) is 2.77. The van der Waals surface area contributed by atoms with Gasteiger partial charge in [0.15, 0.2) is 17.5 Å². The van der Waals surface area contributed by atoms with Crippen molar-refractivity contribution in [3.63, 3.8) is 0 Å². The predicted molar refractivity (Wildman–Crippen MR) is 135 cm³/mol. The van der Waals surface area contributed by atoms with Crippen LogP contribution in [0.15, 0.2) is 47.7 Å². The number of carbonyl (C=O) groups excluding carboxylic acids is 1. The van der Waals surface area contributed by atoms with E-state index in [1.54, 1.807) is 31.6 Å². The molecule has 8 nitrogen and oxygen atoms in total. The summed E-state index contributed by atoms with van der Waals surface area (Å²) < 4.78 is 11.0. The molecule has 9 heteroatoms. The summed E-state index contributed by atoms with van der Waals surface area (Å²) in [6.45, 7) is 6.01. The molecule has 0 bridgehead atoms. The standard InChI is InChI=1S/C22H31N5O3.HI/c1-4-24-22(26-16-21(28)27-18-9-7-12-23-15-18)25-13-6-8-17-10-11-19(29-3)20(14-17)30-5-2;/h7,9-12,14-15H,4-6,8,13,16H2,1-3H3,(H,27,28)(H2,24,25,26);1H. The van der Waals surface area contributed by atoms with E-state index in [0.29, 0.717) is 24.8 Å². The van der Waals surface area contributed by atoms with Crippen LogP contribution in [0, 0.1) is 0 Å². The first-order chi connectivity index (χ1) is 14.7. The summed E-state index contributed by atoms with van der Waals surface area (Å²) in [4.78, 5) is 20.4. The number of ether oxygens (including phenoxy) is 2. The zero-order valence-corrected chi connectivity index (χ0v) is 20.6. The Morgan fingerprint density at radius 3 is 2.68 bits per heavy atom. The van der Waals surface area contributed by atoms with Gasteiger partial charge in [0.2, 0.25) is 5.91 Å². The Morgan fingerprint density at radius 2 is 2.00 bits per heavy atom. The first-order valence-electron chi connectivity index (χ1n) is 10.2. The minimum absolute atomic E-state index is 0. The van der Waals surface area contributed by atoms with Gasteiger partial charge in [0.1, 0.15) is 6.54 Å². The average Bonchev–Trinajstić information content (AvgIpc) is 2.76. The van der Waals surface area contributed by atoms with Gasteiger partial charge >= 0.3 is 0 Å². The van der Waals surface area contributed by atoms with Gasteiger partial charge in [0.05, 0.1) is 25.6 Å². The minimum Gasteiger partial charge on any atom is -0.493 e. The molecule has 2 aromatic rings. The van der Waals surface area contributed by atoms with E-state index in [2.05, 4.69) is 25.9 Å². The van der Waals surface area contributed by atoms with Gasteiger partial charge in [-0.1, -0.05) is 6.07 Å². The summed E-state index contributed by atoms with van der Waals surface area (Å²) in [7, 11) is 1.64. The van der Waals surface area contributed by atoms with Crippen molar-refractivity contribution in [2.45, 2.75) is 26.7 Å². The van der Waals surface area contributed by atoms with Gasteiger partial charge < -0.3 is 25.4 Å². The van der Waals surface area contributed by atoms with Crippen LogP contribution in [0.1, 0.15) is 25.8 Å². The van der Waals surface area contributed by atoms with Gasteiger partial charge in [0.25, 0.3) is 0 Å². The molecule has 170 valence electrons. The van der Waals surface area contributed by atoms with Gasteiger partial charge in [-0.15, -0.1) is 24.0 Å². The highest BCUT2D eigenvalue weighted by atomic mass is 127. The SMILES string of the molecule is CCNC(=NCC(=O)Nc1cccnc1)NCCCc1ccc(OC)c(OCC)c1.I. The lowest BCUT2D eigenvalue weighted by Gasteiger charge is -2.13. The van der Waals surface area contributed by atoms with Crippen molar-refractivity contribution in [2.75, 3.05) is 38.7 Å². The number of amides is 1. The van der Waals surface area contributed by atoms with Gasteiger partial charge in [-0.05, 0) is 56.5 Å². The number of nitrogens with zero attached hydrogens (tertiary/aromatic N) is 2. The lowest BCUT2D eigenvalue weighted by molar-refractivity contribution is -0.114. The number of nitrogens with one attached hydrogen (secondary N) is 3. The summed E-state index contributed by atoms with van der Waals surface area (Å²) in [5.74, 6) is 1.93. The number of guanidine groups is 1. The number of anilines is 1. The quantitative estimate of drug-likeness (QED) is 0.175. The second kappa shape index (κ2) is 15.3. The molecule has 1 amide bonds. The molecule has 0 fully saturated rings. The lowest BCUT2D eigenvalue weighted by atomic mass is 10.1. The zero-order valence-electron chi connectivity index (χ0n) is 18.3. The van der Waals surface area contributed by atoms with E-state index in [-0.39, 0.29) is 36.4 Å². The van der Waals surface area contributed by atoms with E-state index in [1.807, 2.05) is 32.0 Å². The first kappa shape index (κ1) is 26.5. The van der Waals surface area contributed by atoms with Crippen LogP contribution in [0.3, 0.4) is 0 Å². The Bertz CT molecular complexity index is 818. The number of halogens is 1. The molecule has 0 unspecified atom stereocenters. The first-order valence-corrected chi connectivity index (χ1v) is 10.2. The average molecular weight is 541 g/mol. The van der Waals surface area contributed by atoms with Crippen LogP contribution < -0.4 is 25.4 Å². The number of aryl methyl sites for hydroxylation is 1. The van der Waals surface area contributed by atoms with Crippen LogP contribution >= 0.6 is 24.0 Å². The number of hydrogen-bond donors (Lipinski definition) is 3. The maximum absolute atomic E-state index is 12.0. The number of rotatable bonds is 11. The second-order valence-electron chi connectivity index (χ2n) is 6.43. The largest absolute Gasteiger partial charge is 0.493 e. The summed E-state index contributed by atoms with van der Waals surface area (Å²) >= 11 is 0. The van der Waals surface area contributed by atoms with Crippen LogP contribution in [0.2, 0.25) is 0 Å². The fourth-order valence-corrected chi connectivity index (χ4v) is 2.77. The summed E-state index contributed by atoms with van der Waals surface area (Å²) in [6.07, 6.45) is 5.05. The highest BCUT2D eigenvalue weighted by molar-refractivity contribution is 14.0. The molecule has 0 spiro atoms. The number of aliphatic imine (C=N–C) groups is 1. The highest BCUT2D eigenvalue weighted by Gasteiger charge is 2.06. The van der Waals surface area contributed by atoms with Gasteiger partial charge in [-0.2, -0.15) is 0 Å². The Kier molecular flexibility index (Phi) is 13.0. The number of aromatic nitrogens is 1. The molecule has 0 aliphatic carbocycles. The molecule has 3 N–H and O–H groups in total. The summed E-state index contributed by atoms with van der Waals surface area (Å²) in [5.41, 5.74) is 1.83. The van der Waals surface area contributed by atoms with Gasteiger partial charge in [-0.3, -0.25) is 9.78 Å². The monoisotopic (exact) mass is 541 g/mol. The van der Waals surface area contributed by atoms with E-state index < -0.39 is 0 Å². The van der Waals surface area contributed by atoms with Crippen molar-refractivity contribution < 1.29 is 14.3 Å². The number of pyridine rings is 1. The molecular formula is C22H32IN5O3. The van der Waals surface area contributed by atoms with Crippen molar-refractivity contribution in [1.29, 1.82) is 0 Å². The molecule has 1 aromatic heterocycles. The maximum Gasteiger partial charge on any atom is 0.246 e. The van der Waals surface area contributed by atoms with Gasteiger partial charge in [-0.25, -0.2) is 4.99 Å². The Balaban J connectivity index is 0.00000480. The normalized spacial score (nSPS) is 10.6. The van der Waals surface area contributed by atoms with Crippen molar-refractivity contribution >= 4 is 41.5 Å². The van der Waals surface area contributed by atoms with Crippen molar-refractivity contribution in [1.82, 2.24) is 15.6 Å². The molecule has 1 aromatic carbocycles. The van der Waals surface area contributed by atoms with Crippen LogP contribution in [-0.2, 0) is 11.2 Å². The number of carbonyl (C=O) groups is 1. The summed E-state index contributed by atoms with van der Waals surface area (Å²) in [5, 5.41) is 9.18. The number of methoxy groups -OCH3 is 1. The molecular weight excluding hydrogens is 509 g/mol. The molecule has 0 atom stereocenters. The Morgan fingerprint density at radius 1 is 1.16 bits per heavy atom. The highest BCUT2D eigenvalue weighted by Crippen LogP contribution is 2.28. The maximum atomic E-state index is 12.0. The third kappa shape index (κ3) is 9.86. The Labute approximate surface area is 201 Å². The molecule has 2 rings (SSSR count). The zero-order chi connectivity index (χ0) is 21.6. The molecule has 0 saturated heterocycles. The smallest absolute Gasteiger partial charge is 0.246 e. The molecule has 0 aliphatic rings. The van der Waals surface area contributed by atoms with Crippen molar-refractivity contribution in [2.24, 2.45) is 4.99 Å². The molecule has 0 saturated carbocycles. The second-order valence-corrected chi connectivity index (χ2v) is 6.43. The third-order valence-electron chi connectivity index (χ3n) is 4.13. The van der Waals surface area contributed by atoms with E-state index >= 15 is 0 Å². The fraction of sp³-hybridized carbons (Fsp3) is 0.409. The topological polar surface area (TPSA) is 96.9 Å². The van der Waals surface area contributed by atoms with E-state index in [0.717, 1.165) is 30.9 Å². The summed E-state index contributed by atoms with van der Waals surface area (Å²) in [6, 6.07) is 9.55. The van der Waals surface area contributed by atoms with E-state index in [9.17, 15) is 4.79 Å². The van der Waals surface area contributed by atoms with Crippen molar-refractivity contribution in [3.8, 4) is 11.5 Å². The van der Waals surface area contributed by atoms with Crippen LogP contribution in [0.5, 0.6) is 11.5 Å². The molecule has 0 radical (unpaired) electrons. The lowest BCUT2D eigenvalue weighted by Crippen LogP contribution is -2.38. The van der Waals surface area contributed by atoms with Crippen molar-refractivity contribution in [3.05, 3.63) is 48.3 Å². The third-order valence-corrected chi connectivity index (χ3v) is 4.13.